The topological polar surface area (TPSA) is 61.0 Å². The molecule has 0 saturated heterocycles. The van der Waals surface area contributed by atoms with E-state index in [9.17, 15) is 0 Å². The first-order valence-corrected chi connectivity index (χ1v) is 5.36. The average molecular weight is 229 g/mol. The number of ether oxygens (including phenoxy) is 1. The molecule has 4 nitrogen and oxygen atoms in total. The number of benzene rings is 1. The molecule has 0 aliphatic heterocycles. The van der Waals surface area contributed by atoms with Crippen LogP contribution in [0.25, 0.3) is 11.3 Å². The third-order valence-electron chi connectivity index (χ3n) is 2.68. The van der Waals surface area contributed by atoms with Crippen LogP contribution < -0.4 is 10.5 Å². The SMILES string of the molecule is COc1ccc(-c2nc(N)ncc2C)c(C)c1. The summed E-state index contributed by atoms with van der Waals surface area (Å²) in [6.07, 6.45) is 1.74. The summed E-state index contributed by atoms with van der Waals surface area (Å²) < 4.78 is 5.18. The summed E-state index contributed by atoms with van der Waals surface area (Å²) in [5.41, 5.74) is 9.66. The van der Waals surface area contributed by atoms with Crippen LogP contribution in [0.15, 0.2) is 24.4 Å². The van der Waals surface area contributed by atoms with Crippen LogP contribution in [0, 0.1) is 13.8 Å². The average Bonchev–Trinajstić information content (AvgIpc) is 2.32. The quantitative estimate of drug-likeness (QED) is 0.858. The highest BCUT2D eigenvalue weighted by molar-refractivity contribution is 5.68. The van der Waals surface area contributed by atoms with Gasteiger partial charge >= 0.3 is 0 Å². The van der Waals surface area contributed by atoms with Gasteiger partial charge in [0.25, 0.3) is 0 Å². The number of anilines is 1. The van der Waals surface area contributed by atoms with Crippen molar-refractivity contribution < 1.29 is 4.74 Å². The van der Waals surface area contributed by atoms with Crippen molar-refractivity contribution >= 4 is 5.95 Å². The lowest BCUT2D eigenvalue weighted by Crippen LogP contribution is -1.99. The zero-order valence-electron chi connectivity index (χ0n) is 10.2. The van der Waals surface area contributed by atoms with Gasteiger partial charge in [-0.2, -0.15) is 0 Å². The van der Waals surface area contributed by atoms with Crippen LogP contribution >= 0.6 is 0 Å². The minimum Gasteiger partial charge on any atom is -0.497 e. The van der Waals surface area contributed by atoms with Gasteiger partial charge in [-0.15, -0.1) is 0 Å². The van der Waals surface area contributed by atoms with Gasteiger partial charge in [0.05, 0.1) is 12.8 Å². The summed E-state index contributed by atoms with van der Waals surface area (Å²) in [6, 6.07) is 5.89. The van der Waals surface area contributed by atoms with Gasteiger partial charge in [-0.25, -0.2) is 9.97 Å². The number of aromatic nitrogens is 2. The summed E-state index contributed by atoms with van der Waals surface area (Å²) in [5.74, 6) is 1.13. The van der Waals surface area contributed by atoms with Crippen molar-refractivity contribution in [3.05, 3.63) is 35.5 Å². The second-order valence-electron chi connectivity index (χ2n) is 3.94. The lowest BCUT2D eigenvalue weighted by atomic mass is 10.0. The molecule has 2 aromatic rings. The first-order valence-electron chi connectivity index (χ1n) is 5.36. The van der Waals surface area contributed by atoms with Gasteiger partial charge in [0.15, 0.2) is 0 Å². The second-order valence-corrected chi connectivity index (χ2v) is 3.94. The maximum Gasteiger partial charge on any atom is 0.220 e. The molecule has 0 unspecified atom stereocenters. The van der Waals surface area contributed by atoms with Gasteiger partial charge < -0.3 is 10.5 Å². The molecule has 0 aliphatic rings. The Kier molecular flexibility index (Phi) is 2.95. The molecular formula is C13H15N3O. The van der Waals surface area contributed by atoms with E-state index >= 15 is 0 Å². The molecule has 1 aromatic heterocycles. The number of nitrogen functional groups attached to an aromatic ring is 1. The fraction of sp³-hybridized carbons (Fsp3) is 0.231. The largest absolute Gasteiger partial charge is 0.497 e. The number of nitrogens with zero attached hydrogens (tertiary/aromatic N) is 2. The number of rotatable bonds is 2. The van der Waals surface area contributed by atoms with Crippen LogP contribution in [-0.2, 0) is 0 Å². The molecule has 0 spiro atoms. The molecule has 2 rings (SSSR count). The second kappa shape index (κ2) is 4.41. The standard InChI is InChI=1S/C13H15N3O/c1-8-6-10(17-3)4-5-11(8)12-9(2)7-15-13(14)16-12/h4-7H,1-3H3,(H2,14,15,16). The Bertz CT molecular complexity index is 552. The summed E-state index contributed by atoms with van der Waals surface area (Å²) >= 11 is 0. The van der Waals surface area contributed by atoms with E-state index in [0.717, 1.165) is 28.1 Å². The van der Waals surface area contributed by atoms with Crippen LogP contribution in [0.3, 0.4) is 0 Å². The molecule has 1 heterocycles. The summed E-state index contributed by atoms with van der Waals surface area (Å²) in [7, 11) is 1.66. The minimum absolute atomic E-state index is 0.292. The van der Waals surface area contributed by atoms with Crippen molar-refractivity contribution in [3.8, 4) is 17.0 Å². The molecule has 0 atom stereocenters. The van der Waals surface area contributed by atoms with Crippen molar-refractivity contribution in [3.63, 3.8) is 0 Å². The maximum absolute atomic E-state index is 5.62. The summed E-state index contributed by atoms with van der Waals surface area (Å²) in [6.45, 7) is 3.99. The molecule has 1 aromatic carbocycles. The summed E-state index contributed by atoms with van der Waals surface area (Å²) in [5, 5.41) is 0. The monoisotopic (exact) mass is 229 g/mol. The molecule has 0 saturated carbocycles. The normalized spacial score (nSPS) is 10.3. The third kappa shape index (κ3) is 2.20. The minimum atomic E-state index is 0.292. The smallest absolute Gasteiger partial charge is 0.220 e. The molecule has 17 heavy (non-hydrogen) atoms. The van der Waals surface area contributed by atoms with Crippen molar-refractivity contribution in [1.82, 2.24) is 9.97 Å². The number of nitrogens with two attached hydrogens (primary N) is 1. The lowest BCUT2D eigenvalue weighted by molar-refractivity contribution is 0.414. The predicted octanol–water partition coefficient (Wildman–Crippen LogP) is 2.35. The fourth-order valence-electron chi connectivity index (χ4n) is 1.76. The van der Waals surface area contributed by atoms with Gasteiger partial charge in [0.1, 0.15) is 5.75 Å². The Morgan fingerprint density at radius 1 is 1.18 bits per heavy atom. The molecule has 0 radical (unpaired) electrons. The molecule has 0 aliphatic carbocycles. The molecule has 4 heteroatoms. The van der Waals surface area contributed by atoms with Crippen molar-refractivity contribution in [2.24, 2.45) is 0 Å². The lowest BCUT2D eigenvalue weighted by Gasteiger charge is -2.10. The molecule has 88 valence electrons. The highest BCUT2D eigenvalue weighted by Gasteiger charge is 2.08. The molecular weight excluding hydrogens is 214 g/mol. The number of hydrogen-bond acceptors (Lipinski definition) is 4. The van der Waals surface area contributed by atoms with Gasteiger partial charge in [0, 0.05) is 11.8 Å². The van der Waals surface area contributed by atoms with Crippen LogP contribution in [-0.4, -0.2) is 17.1 Å². The third-order valence-corrected chi connectivity index (χ3v) is 2.68. The number of methoxy groups -OCH3 is 1. The zero-order chi connectivity index (χ0) is 12.4. The Balaban J connectivity index is 2.56. The zero-order valence-corrected chi connectivity index (χ0v) is 10.2. The van der Waals surface area contributed by atoms with Gasteiger partial charge in [-0.05, 0) is 43.2 Å². The first-order chi connectivity index (χ1) is 8.11. The molecule has 2 N–H and O–H groups in total. The first kappa shape index (κ1) is 11.4. The van der Waals surface area contributed by atoms with Gasteiger partial charge in [0.2, 0.25) is 5.95 Å². The molecule has 0 fully saturated rings. The maximum atomic E-state index is 5.62. The highest BCUT2D eigenvalue weighted by Crippen LogP contribution is 2.27. The Morgan fingerprint density at radius 3 is 2.59 bits per heavy atom. The molecule has 0 bridgehead atoms. The van der Waals surface area contributed by atoms with E-state index in [0.29, 0.717) is 5.95 Å². The van der Waals surface area contributed by atoms with Gasteiger partial charge in [-0.3, -0.25) is 0 Å². The van der Waals surface area contributed by atoms with E-state index in [1.54, 1.807) is 13.3 Å². The van der Waals surface area contributed by atoms with E-state index in [4.69, 9.17) is 10.5 Å². The predicted molar refractivity (Wildman–Crippen MR) is 67.9 cm³/mol. The van der Waals surface area contributed by atoms with E-state index in [1.807, 2.05) is 32.0 Å². The number of aryl methyl sites for hydroxylation is 2. The Labute approximate surface area is 100 Å². The van der Waals surface area contributed by atoms with E-state index in [1.165, 1.54) is 0 Å². The van der Waals surface area contributed by atoms with Crippen molar-refractivity contribution in [2.45, 2.75) is 13.8 Å². The van der Waals surface area contributed by atoms with Crippen molar-refractivity contribution in [1.29, 1.82) is 0 Å². The van der Waals surface area contributed by atoms with Crippen molar-refractivity contribution in [2.75, 3.05) is 12.8 Å². The van der Waals surface area contributed by atoms with Crippen LogP contribution in [0.4, 0.5) is 5.95 Å². The van der Waals surface area contributed by atoms with Crippen LogP contribution in [0.1, 0.15) is 11.1 Å². The Morgan fingerprint density at radius 2 is 1.94 bits per heavy atom. The van der Waals surface area contributed by atoms with Gasteiger partial charge in [-0.1, -0.05) is 0 Å². The van der Waals surface area contributed by atoms with Crippen LogP contribution in [0.2, 0.25) is 0 Å². The van der Waals surface area contributed by atoms with Crippen LogP contribution in [0.5, 0.6) is 5.75 Å². The molecule has 0 amide bonds. The summed E-state index contributed by atoms with van der Waals surface area (Å²) in [4.78, 5) is 8.26. The van der Waals surface area contributed by atoms with E-state index in [2.05, 4.69) is 9.97 Å². The van der Waals surface area contributed by atoms with E-state index in [-0.39, 0.29) is 0 Å². The fourth-order valence-corrected chi connectivity index (χ4v) is 1.76. The Hall–Kier alpha value is -2.10. The highest BCUT2D eigenvalue weighted by atomic mass is 16.5. The number of hydrogen-bond donors (Lipinski definition) is 1. The van der Waals surface area contributed by atoms with E-state index < -0.39 is 0 Å².